The average molecular weight is 278 g/mol. The van der Waals surface area contributed by atoms with E-state index < -0.39 is 0 Å². The predicted molar refractivity (Wildman–Crippen MR) is 83.3 cm³/mol. The van der Waals surface area contributed by atoms with Crippen molar-refractivity contribution in [1.29, 1.82) is 0 Å². The maximum absolute atomic E-state index is 5.56. The molecule has 0 saturated carbocycles. The lowest BCUT2D eigenvalue weighted by Gasteiger charge is -2.21. The Hall–Kier alpha value is -0.970. The van der Waals surface area contributed by atoms with E-state index >= 15 is 0 Å². The van der Waals surface area contributed by atoms with Crippen LogP contribution in [-0.2, 0) is 6.42 Å². The fourth-order valence-corrected chi connectivity index (χ4v) is 3.05. The second-order valence-corrected chi connectivity index (χ2v) is 6.07. The third kappa shape index (κ3) is 3.53. The fourth-order valence-electron chi connectivity index (χ4n) is 2.53. The SMILES string of the molecule is COc1cc2c(cc1C)C(=CCSC(N)N)CCC2. The Morgan fingerprint density at radius 3 is 2.84 bits per heavy atom. The summed E-state index contributed by atoms with van der Waals surface area (Å²) in [5.41, 5.74) is 16.2. The molecule has 19 heavy (non-hydrogen) atoms. The lowest BCUT2D eigenvalue weighted by atomic mass is 9.86. The molecule has 4 heteroatoms. The number of ether oxygens (including phenoxy) is 1. The van der Waals surface area contributed by atoms with Crippen molar-refractivity contribution in [3.8, 4) is 5.75 Å². The summed E-state index contributed by atoms with van der Waals surface area (Å²) in [6.45, 7) is 2.09. The summed E-state index contributed by atoms with van der Waals surface area (Å²) < 4.78 is 5.40. The molecule has 0 aromatic heterocycles. The van der Waals surface area contributed by atoms with E-state index in [0.717, 1.165) is 24.3 Å². The molecule has 104 valence electrons. The second kappa shape index (κ2) is 6.46. The molecule has 0 heterocycles. The van der Waals surface area contributed by atoms with Gasteiger partial charge >= 0.3 is 0 Å². The molecule has 1 aliphatic rings. The number of thioether (sulfide) groups is 1. The van der Waals surface area contributed by atoms with Gasteiger partial charge in [0.25, 0.3) is 0 Å². The third-order valence-electron chi connectivity index (χ3n) is 3.48. The monoisotopic (exact) mass is 278 g/mol. The molecular formula is C15H22N2OS. The van der Waals surface area contributed by atoms with Crippen LogP contribution in [0, 0.1) is 6.92 Å². The van der Waals surface area contributed by atoms with Gasteiger partial charge in [-0.15, -0.1) is 11.8 Å². The van der Waals surface area contributed by atoms with E-state index in [-0.39, 0.29) is 5.50 Å². The quantitative estimate of drug-likeness (QED) is 0.831. The van der Waals surface area contributed by atoms with Gasteiger partial charge in [-0.2, -0.15) is 0 Å². The summed E-state index contributed by atoms with van der Waals surface area (Å²) in [5, 5.41) is 0. The van der Waals surface area contributed by atoms with E-state index in [2.05, 4.69) is 25.1 Å². The fraction of sp³-hybridized carbons (Fsp3) is 0.467. The van der Waals surface area contributed by atoms with Crippen molar-refractivity contribution in [3.63, 3.8) is 0 Å². The van der Waals surface area contributed by atoms with Crippen molar-refractivity contribution in [3.05, 3.63) is 34.9 Å². The number of benzene rings is 1. The van der Waals surface area contributed by atoms with Crippen LogP contribution >= 0.6 is 11.8 Å². The Kier molecular flexibility index (Phi) is 4.91. The third-order valence-corrected chi connectivity index (χ3v) is 4.22. The largest absolute Gasteiger partial charge is 0.496 e. The molecular weight excluding hydrogens is 256 g/mol. The van der Waals surface area contributed by atoms with Crippen LogP contribution in [-0.4, -0.2) is 18.4 Å². The summed E-state index contributed by atoms with van der Waals surface area (Å²) >= 11 is 1.57. The van der Waals surface area contributed by atoms with Crippen LogP contribution in [0.4, 0.5) is 0 Å². The van der Waals surface area contributed by atoms with Crippen LogP contribution in [0.15, 0.2) is 18.2 Å². The maximum Gasteiger partial charge on any atom is 0.122 e. The highest BCUT2D eigenvalue weighted by molar-refractivity contribution is 7.99. The highest BCUT2D eigenvalue weighted by Gasteiger charge is 2.16. The van der Waals surface area contributed by atoms with Gasteiger partial charge in [0, 0.05) is 5.75 Å². The molecule has 0 spiro atoms. The Morgan fingerprint density at radius 1 is 1.37 bits per heavy atom. The highest BCUT2D eigenvalue weighted by Crippen LogP contribution is 2.35. The molecule has 0 atom stereocenters. The van der Waals surface area contributed by atoms with Gasteiger partial charge in [0.1, 0.15) is 11.2 Å². The van der Waals surface area contributed by atoms with Crippen molar-refractivity contribution in [2.45, 2.75) is 31.7 Å². The van der Waals surface area contributed by atoms with Gasteiger partial charge in [-0.1, -0.05) is 6.08 Å². The molecule has 0 amide bonds. The zero-order chi connectivity index (χ0) is 13.8. The van der Waals surface area contributed by atoms with E-state index in [1.54, 1.807) is 18.9 Å². The number of hydrogen-bond donors (Lipinski definition) is 2. The molecule has 3 nitrogen and oxygen atoms in total. The molecule has 1 aromatic carbocycles. The number of rotatable bonds is 4. The van der Waals surface area contributed by atoms with Crippen molar-refractivity contribution < 1.29 is 4.74 Å². The van der Waals surface area contributed by atoms with Crippen molar-refractivity contribution in [1.82, 2.24) is 0 Å². The highest BCUT2D eigenvalue weighted by atomic mass is 32.2. The molecule has 0 saturated heterocycles. The minimum atomic E-state index is -0.294. The summed E-state index contributed by atoms with van der Waals surface area (Å²) in [7, 11) is 1.73. The lowest BCUT2D eigenvalue weighted by molar-refractivity contribution is 0.411. The topological polar surface area (TPSA) is 61.3 Å². The smallest absolute Gasteiger partial charge is 0.122 e. The molecule has 0 fully saturated rings. The zero-order valence-electron chi connectivity index (χ0n) is 11.6. The number of nitrogens with two attached hydrogens (primary N) is 2. The van der Waals surface area contributed by atoms with Gasteiger partial charge in [-0.05, 0) is 60.6 Å². The van der Waals surface area contributed by atoms with Crippen LogP contribution < -0.4 is 16.2 Å². The number of methoxy groups -OCH3 is 1. The minimum absolute atomic E-state index is 0.294. The second-order valence-electron chi connectivity index (χ2n) is 4.86. The average Bonchev–Trinajstić information content (AvgIpc) is 2.38. The van der Waals surface area contributed by atoms with Gasteiger partial charge in [0.05, 0.1) is 7.11 Å². The first-order valence-electron chi connectivity index (χ1n) is 6.61. The number of aryl methyl sites for hydroxylation is 2. The van der Waals surface area contributed by atoms with E-state index in [4.69, 9.17) is 16.2 Å². The first kappa shape index (κ1) is 14.4. The maximum atomic E-state index is 5.56. The molecule has 0 bridgehead atoms. The normalized spacial score (nSPS) is 16.8. The number of fused-ring (bicyclic) bond motifs is 1. The molecule has 0 aliphatic heterocycles. The Morgan fingerprint density at radius 2 is 2.16 bits per heavy atom. The van der Waals surface area contributed by atoms with Gasteiger partial charge in [0.15, 0.2) is 0 Å². The van der Waals surface area contributed by atoms with Gasteiger partial charge < -0.3 is 16.2 Å². The van der Waals surface area contributed by atoms with Crippen molar-refractivity contribution >= 4 is 17.3 Å². The van der Waals surface area contributed by atoms with E-state index in [1.807, 2.05) is 0 Å². The minimum Gasteiger partial charge on any atom is -0.496 e. The van der Waals surface area contributed by atoms with Gasteiger partial charge in [0.2, 0.25) is 0 Å². The zero-order valence-corrected chi connectivity index (χ0v) is 12.4. The standard InChI is InChI=1S/C15H22N2OS/c1-10-8-13-11(6-7-19-15(16)17)4-3-5-12(13)9-14(10)18-2/h6,8-9,15H,3-5,7,16-17H2,1-2H3. The van der Waals surface area contributed by atoms with Crippen molar-refractivity contribution in [2.75, 3.05) is 12.9 Å². The van der Waals surface area contributed by atoms with Crippen LogP contribution in [0.1, 0.15) is 29.5 Å². The Bertz CT molecular complexity index is 483. The Balaban J connectivity index is 2.26. The summed E-state index contributed by atoms with van der Waals surface area (Å²) in [6, 6.07) is 4.42. The van der Waals surface area contributed by atoms with Crippen LogP contribution in [0.3, 0.4) is 0 Å². The lowest BCUT2D eigenvalue weighted by Crippen LogP contribution is -2.26. The molecule has 0 unspecified atom stereocenters. The van der Waals surface area contributed by atoms with E-state index in [0.29, 0.717) is 0 Å². The first-order chi connectivity index (χ1) is 9.11. The number of hydrogen-bond acceptors (Lipinski definition) is 4. The van der Waals surface area contributed by atoms with Gasteiger partial charge in [-0.3, -0.25) is 0 Å². The summed E-state index contributed by atoms with van der Waals surface area (Å²) in [4.78, 5) is 0. The molecule has 2 rings (SSSR count). The van der Waals surface area contributed by atoms with Crippen LogP contribution in [0.2, 0.25) is 0 Å². The van der Waals surface area contributed by atoms with E-state index in [9.17, 15) is 0 Å². The van der Waals surface area contributed by atoms with Crippen LogP contribution in [0.5, 0.6) is 5.75 Å². The van der Waals surface area contributed by atoms with Crippen molar-refractivity contribution in [2.24, 2.45) is 11.5 Å². The molecule has 0 radical (unpaired) electrons. The van der Waals surface area contributed by atoms with Crippen LogP contribution in [0.25, 0.3) is 5.57 Å². The summed E-state index contributed by atoms with van der Waals surface area (Å²) in [5.74, 6) is 1.86. The van der Waals surface area contributed by atoms with E-state index in [1.165, 1.54) is 28.7 Å². The Labute approximate surface area is 119 Å². The number of allylic oxidation sites excluding steroid dienone is 1. The molecule has 4 N–H and O–H groups in total. The first-order valence-corrected chi connectivity index (χ1v) is 7.66. The van der Waals surface area contributed by atoms with Gasteiger partial charge in [-0.25, -0.2) is 0 Å². The summed E-state index contributed by atoms with van der Waals surface area (Å²) in [6.07, 6.45) is 5.73. The molecule has 1 aromatic rings. The molecule has 1 aliphatic carbocycles. The predicted octanol–water partition coefficient (Wildman–Crippen LogP) is 2.66.